The average molecular weight is 684 g/mol. The van der Waals surface area contributed by atoms with Crippen LogP contribution in [0, 0.1) is 0 Å². The van der Waals surface area contributed by atoms with Gasteiger partial charge in [-0.15, -0.1) is 11.3 Å². The Morgan fingerprint density at radius 3 is 1.60 bits per heavy atom. The van der Waals surface area contributed by atoms with E-state index in [0.29, 0.717) is 11.4 Å². The first-order chi connectivity index (χ1) is 25.7. The Bertz CT molecular complexity index is 2890. The van der Waals surface area contributed by atoms with Crippen molar-refractivity contribution >= 4 is 43.6 Å². The van der Waals surface area contributed by atoms with E-state index < -0.39 is 0 Å². The number of hydrogen-bond donors (Lipinski definition) is 0. The molecule has 0 fully saturated rings. The minimum Gasteiger partial charge on any atom is -0.452 e. The van der Waals surface area contributed by atoms with Gasteiger partial charge in [-0.2, -0.15) is 0 Å². The third-order valence-electron chi connectivity index (χ3n) is 9.52. The van der Waals surface area contributed by atoms with Crippen molar-refractivity contribution in [2.45, 2.75) is 0 Å². The molecule has 0 aliphatic heterocycles. The molecule has 244 valence electrons. The molecule has 52 heavy (non-hydrogen) atoms. The quantitative estimate of drug-likeness (QED) is 0.175. The normalized spacial score (nSPS) is 11.5. The van der Waals surface area contributed by atoms with E-state index in [2.05, 4.69) is 133 Å². The Labute approximate surface area is 304 Å². The molecule has 0 saturated carbocycles. The van der Waals surface area contributed by atoms with Gasteiger partial charge < -0.3 is 4.42 Å². The standard InChI is InChI=1S/C47H29N3OS/c1-2-12-30(13-3-1)43-45-44(39-22-4-6-24-41(39)51-45)50-46(49-43)37-20-10-18-35(28-37)33-16-8-14-31(26-33)32-15-9-17-34(27-32)36-19-11-21-38(29-36)47-48-40-23-5-7-25-42(40)52-47/h1-29H. The maximum absolute atomic E-state index is 6.32. The number of hydrogen-bond acceptors (Lipinski definition) is 5. The van der Waals surface area contributed by atoms with Crippen LogP contribution in [-0.4, -0.2) is 15.0 Å². The molecule has 10 rings (SSSR count). The summed E-state index contributed by atoms with van der Waals surface area (Å²) in [7, 11) is 0. The van der Waals surface area contributed by atoms with Crippen molar-refractivity contribution in [2.75, 3.05) is 0 Å². The lowest BCUT2D eigenvalue weighted by molar-refractivity contribution is 0.667. The van der Waals surface area contributed by atoms with Crippen LogP contribution in [0.1, 0.15) is 0 Å². The molecule has 10 aromatic rings. The molecule has 5 heteroatoms. The second kappa shape index (κ2) is 12.6. The smallest absolute Gasteiger partial charge is 0.180 e. The minimum atomic E-state index is 0.664. The number of benzene rings is 7. The topological polar surface area (TPSA) is 51.8 Å². The Hall–Kier alpha value is -6.69. The van der Waals surface area contributed by atoms with Crippen molar-refractivity contribution < 1.29 is 4.42 Å². The Morgan fingerprint density at radius 1 is 0.404 bits per heavy atom. The summed E-state index contributed by atoms with van der Waals surface area (Å²) < 4.78 is 7.52. The molecule has 0 bridgehead atoms. The summed E-state index contributed by atoms with van der Waals surface area (Å²) in [5.41, 5.74) is 14.1. The molecule has 0 amide bonds. The molecule has 0 radical (unpaired) electrons. The molecular formula is C47H29N3OS. The van der Waals surface area contributed by atoms with Gasteiger partial charge in [0.25, 0.3) is 0 Å². The highest BCUT2D eigenvalue weighted by Gasteiger charge is 2.18. The molecule has 0 N–H and O–H groups in total. The summed E-state index contributed by atoms with van der Waals surface area (Å²) in [5, 5.41) is 2.02. The van der Waals surface area contributed by atoms with E-state index in [1.54, 1.807) is 11.3 Å². The fourth-order valence-corrected chi connectivity index (χ4v) is 7.90. The molecule has 0 unspecified atom stereocenters. The number of para-hydroxylation sites is 2. The molecule has 0 atom stereocenters. The zero-order valence-electron chi connectivity index (χ0n) is 27.9. The fraction of sp³-hybridized carbons (Fsp3) is 0. The number of furan rings is 1. The van der Waals surface area contributed by atoms with Crippen molar-refractivity contribution in [3.05, 3.63) is 176 Å². The Balaban J connectivity index is 1.00. The van der Waals surface area contributed by atoms with E-state index in [4.69, 9.17) is 19.4 Å². The summed E-state index contributed by atoms with van der Waals surface area (Å²) in [6, 6.07) is 61.2. The van der Waals surface area contributed by atoms with Gasteiger partial charge in [0.2, 0.25) is 0 Å². The molecule has 0 aliphatic rings. The largest absolute Gasteiger partial charge is 0.452 e. The summed E-state index contributed by atoms with van der Waals surface area (Å²) in [5.74, 6) is 0.664. The lowest BCUT2D eigenvalue weighted by atomic mass is 9.95. The van der Waals surface area contributed by atoms with E-state index in [1.807, 2.05) is 42.5 Å². The summed E-state index contributed by atoms with van der Waals surface area (Å²) >= 11 is 1.73. The highest BCUT2D eigenvalue weighted by Crippen LogP contribution is 2.37. The number of nitrogens with zero attached hydrogens (tertiary/aromatic N) is 3. The summed E-state index contributed by atoms with van der Waals surface area (Å²) in [4.78, 5) is 15.1. The van der Waals surface area contributed by atoms with Crippen molar-refractivity contribution in [2.24, 2.45) is 0 Å². The highest BCUT2D eigenvalue weighted by atomic mass is 32.1. The van der Waals surface area contributed by atoms with E-state index >= 15 is 0 Å². The molecule has 4 nitrogen and oxygen atoms in total. The van der Waals surface area contributed by atoms with Gasteiger partial charge >= 0.3 is 0 Å². The SMILES string of the molecule is c1ccc(-c2nc(-c3cccc(-c4cccc(-c5cccc(-c6cccc(-c7nc8ccccc8s7)c6)c5)c4)c3)nc3c2oc2ccccc23)cc1. The average Bonchev–Trinajstić information content (AvgIpc) is 3.83. The highest BCUT2D eigenvalue weighted by molar-refractivity contribution is 7.21. The van der Waals surface area contributed by atoms with Crippen molar-refractivity contribution in [3.63, 3.8) is 0 Å². The van der Waals surface area contributed by atoms with Crippen LogP contribution in [0.5, 0.6) is 0 Å². The molecule has 0 spiro atoms. The number of thiazole rings is 1. The fourth-order valence-electron chi connectivity index (χ4n) is 6.93. The van der Waals surface area contributed by atoms with Crippen molar-refractivity contribution in [1.29, 1.82) is 0 Å². The van der Waals surface area contributed by atoms with E-state index in [9.17, 15) is 0 Å². The van der Waals surface area contributed by atoms with E-state index in [1.165, 1.54) is 15.8 Å². The van der Waals surface area contributed by atoms with Crippen molar-refractivity contribution in [1.82, 2.24) is 15.0 Å². The summed E-state index contributed by atoms with van der Waals surface area (Å²) in [6.45, 7) is 0. The number of fused-ring (bicyclic) bond motifs is 4. The van der Waals surface area contributed by atoms with Gasteiger partial charge in [0.05, 0.1) is 10.2 Å². The maximum Gasteiger partial charge on any atom is 0.180 e. The Morgan fingerprint density at radius 2 is 0.923 bits per heavy atom. The molecule has 3 heterocycles. The van der Waals surface area contributed by atoms with Gasteiger partial charge in [-0.3, -0.25) is 0 Å². The van der Waals surface area contributed by atoms with Crippen LogP contribution in [0.2, 0.25) is 0 Å². The van der Waals surface area contributed by atoms with E-state index in [-0.39, 0.29) is 0 Å². The van der Waals surface area contributed by atoms with Gasteiger partial charge in [0.15, 0.2) is 11.4 Å². The van der Waals surface area contributed by atoms with Gasteiger partial charge in [-0.05, 0) is 81.9 Å². The first kappa shape index (κ1) is 30.2. The molecule has 0 saturated heterocycles. The van der Waals surface area contributed by atoms with E-state index in [0.717, 1.165) is 71.6 Å². The molecule has 3 aromatic heterocycles. The zero-order valence-corrected chi connectivity index (χ0v) is 28.7. The maximum atomic E-state index is 6.32. The van der Waals surface area contributed by atoms with Gasteiger partial charge in [0.1, 0.15) is 21.8 Å². The predicted molar refractivity (Wildman–Crippen MR) is 215 cm³/mol. The van der Waals surface area contributed by atoms with Crippen LogP contribution in [0.3, 0.4) is 0 Å². The number of rotatable bonds is 6. The lowest BCUT2D eigenvalue weighted by Crippen LogP contribution is -1.94. The second-order valence-electron chi connectivity index (χ2n) is 12.8. The second-order valence-corrected chi connectivity index (χ2v) is 13.9. The molecular weight excluding hydrogens is 655 g/mol. The van der Waals surface area contributed by atoms with Gasteiger partial charge in [-0.1, -0.05) is 127 Å². The van der Waals surface area contributed by atoms with Crippen LogP contribution < -0.4 is 0 Å². The van der Waals surface area contributed by atoms with Crippen molar-refractivity contribution in [3.8, 4) is 66.6 Å². The lowest BCUT2D eigenvalue weighted by Gasteiger charge is -2.10. The van der Waals surface area contributed by atoms with Gasteiger partial charge in [-0.25, -0.2) is 15.0 Å². The van der Waals surface area contributed by atoms with Gasteiger partial charge in [0, 0.05) is 22.1 Å². The number of aromatic nitrogens is 3. The zero-order chi connectivity index (χ0) is 34.4. The first-order valence-corrected chi connectivity index (χ1v) is 18.1. The van der Waals surface area contributed by atoms with Crippen LogP contribution in [0.15, 0.2) is 180 Å². The monoisotopic (exact) mass is 683 g/mol. The van der Waals surface area contributed by atoms with Crippen LogP contribution in [0.4, 0.5) is 0 Å². The van der Waals surface area contributed by atoms with Crippen LogP contribution >= 0.6 is 11.3 Å². The summed E-state index contributed by atoms with van der Waals surface area (Å²) in [6.07, 6.45) is 0. The van der Waals surface area contributed by atoms with Crippen LogP contribution in [-0.2, 0) is 0 Å². The Kier molecular flexibility index (Phi) is 7.29. The molecule has 7 aromatic carbocycles. The van der Waals surface area contributed by atoms with Crippen LogP contribution in [0.25, 0.3) is 98.9 Å². The first-order valence-electron chi connectivity index (χ1n) is 17.3. The third-order valence-corrected chi connectivity index (χ3v) is 10.6. The molecule has 0 aliphatic carbocycles. The minimum absolute atomic E-state index is 0.664. The predicted octanol–water partition coefficient (Wildman–Crippen LogP) is 13.0. The third kappa shape index (κ3) is 5.45.